The summed E-state index contributed by atoms with van der Waals surface area (Å²) in [5, 5.41) is 1.20. The summed E-state index contributed by atoms with van der Waals surface area (Å²) in [6.07, 6.45) is 0. The fraction of sp³-hybridized carbons (Fsp3) is 0.214. The molecular weight excluding hydrogens is 280 g/mol. The van der Waals surface area contributed by atoms with Crippen molar-refractivity contribution >= 4 is 29.1 Å². The molecule has 0 fully saturated rings. The Kier molecular flexibility index (Phi) is 4.56. The van der Waals surface area contributed by atoms with Crippen molar-refractivity contribution < 1.29 is 4.79 Å². The predicted octanol–water partition coefficient (Wildman–Crippen LogP) is 3.72. The maximum Gasteiger partial charge on any atom is 0.188 e. The summed E-state index contributed by atoms with van der Waals surface area (Å²) in [5.41, 5.74) is 2.43. The molecule has 0 bridgehead atoms. The molecule has 2 rings (SSSR count). The summed E-state index contributed by atoms with van der Waals surface area (Å²) in [5.74, 6) is 0.332. The zero-order valence-electron chi connectivity index (χ0n) is 10.7. The van der Waals surface area contributed by atoms with E-state index >= 15 is 0 Å². The fourth-order valence-electron chi connectivity index (χ4n) is 1.63. The molecular formula is C14H13ClN2OS. The Morgan fingerprint density at radius 1 is 1.21 bits per heavy atom. The van der Waals surface area contributed by atoms with Crippen LogP contribution in [-0.2, 0) is 0 Å². The minimum Gasteiger partial charge on any atom is -0.293 e. The standard InChI is InChI=1S/C14H13ClN2OS/c1-9-6-10(2)17-14(16-9)19-8-13(18)11-4-3-5-12(15)7-11/h3-7H,8H2,1-2H3. The van der Waals surface area contributed by atoms with Crippen LogP contribution in [0.1, 0.15) is 21.7 Å². The molecule has 1 heterocycles. The molecule has 0 radical (unpaired) electrons. The average Bonchev–Trinajstić information content (AvgIpc) is 2.35. The number of halogens is 1. The van der Waals surface area contributed by atoms with Gasteiger partial charge in [-0.3, -0.25) is 4.79 Å². The largest absolute Gasteiger partial charge is 0.293 e. The number of thioether (sulfide) groups is 1. The average molecular weight is 293 g/mol. The van der Waals surface area contributed by atoms with Crippen molar-refractivity contribution in [1.82, 2.24) is 9.97 Å². The topological polar surface area (TPSA) is 42.9 Å². The van der Waals surface area contributed by atoms with E-state index in [0.29, 0.717) is 21.5 Å². The number of aromatic nitrogens is 2. The molecule has 3 nitrogen and oxygen atoms in total. The molecule has 0 aliphatic heterocycles. The van der Waals surface area contributed by atoms with E-state index in [1.165, 1.54) is 11.8 Å². The Balaban J connectivity index is 2.04. The van der Waals surface area contributed by atoms with Gasteiger partial charge in [-0.25, -0.2) is 9.97 Å². The van der Waals surface area contributed by atoms with Crippen molar-refractivity contribution in [2.45, 2.75) is 19.0 Å². The van der Waals surface area contributed by atoms with Gasteiger partial charge < -0.3 is 0 Å². The summed E-state index contributed by atoms with van der Waals surface area (Å²) < 4.78 is 0. The normalized spacial score (nSPS) is 10.5. The van der Waals surface area contributed by atoms with Gasteiger partial charge in [0, 0.05) is 22.0 Å². The van der Waals surface area contributed by atoms with E-state index in [1.54, 1.807) is 24.3 Å². The molecule has 2 aromatic rings. The molecule has 19 heavy (non-hydrogen) atoms. The minimum atomic E-state index is 0.0234. The first-order valence-electron chi connectivity index (χ1n) is 5.78. The van der Waals surface area contributed by atoms with Crippen LogP contribution >= 0.6 is 23.4 Å². The van der Waals surface area contributed by atoms with Gasteiger partial charge >= 0.3 is 0 Å². The van der Waals surface area contributed by atoms with Crippen LogP contribution in [0.15, 0.2) is 35.5 Å². The molecule has 0 spiro atoms. The maximum atomic E-state index is 12.0. The molecule has 0 saturated heterocycles. The van der Waals surface area contributed by atoms with Crippen LogP contribution in [0.3, 0.4) is 0 Å². The number of rotatable bonds is 4. The van der Waals surface area contributed by atoms with Crippen LogP contribution < -0.4 is 0 Å². The summed E-state index contributed by atoms with van der Waals surface area (Å²) in [4.78, 5) is 20.6. The molecule has 0 aliphatic rings. The van der Waals surface area contributed by atoms with Crippen molar-refractivity contribution in [3.63, 3.8) is 0 Å². The third-order valence-corrected chi connectivity index (χ3v) is 3.52. The lowest BCUT2D eigenvalue weighted by Gasteiger charge is -2.03. The zero-order chi connectivity index (χ0) is 13.8. The number of nitrogens with zero attached hydrogens (tertiary/aromatic N) is 2. The van der Waals surface area contributed by atoms with Crippen LogP contribution in [0.25, 0.3) is 0 Å². The number of hydrogen-bond donors (Lipinski definition) is 0. The lowest BCUT2D eigenvalue weighted by Crippen LogP contribution is -2.03. The molecule has 0 N–H and O–H groups in total. The molecule has 0 unspecified atom stereocenters. The van der Waals surface area contributed by atoms with Crippen LogP contribution in [0.5, 0.6) is 0 Å². The quantitative estimate of drug-likeness (QED) is 0.489. The van der Waals surface area contributed by atoms with Gasteiger partial charge in [0.05, 0.1) is 5.75 Å². The summed E-state index contributed by atoms with van der Waals surface area (Å²) in [6, 6.07) is 8.86. The highest BCUT2D eigenvalue weighted by Gasteiger charge is 2.09. The highest BCUT2D eigenvalue weighted by Crippen LogP contribution is 2.17. The van der Waals surface area contributed by atoms with Gasteiger partial charge in [0.15, 0.2) is 10.9 Å². The first-order chi connectivity index (χ1) is 9.04. The van der Waals surface area contributed by atoms with Crippen LogP contribution in [0, 0.1) is 13.8 Å². The Labute approximate surface area is 121 Å². The van der Waals surface area contributed by atoms with Gasteiger partial charge in [-0.1, -0.05) is 35.5 Å². The molecule has 0 amide bonds. The summed E-state index contributed by atoms with van der Waals surface area (Å²) in [6.45, 7) is 3.83. The van der Waals surface area contributed by atoms with Crippen molar-refractivity contribution in [1.29, 1.82) is 0 Å². The van der Waals surface area contributed by atoms with E-state index in [1.807, 2.05) is 19.9 Å². The molecule has 1 aromatic heterocycles. The summed E-state index contributed by atoms with van der Waals surface area (Å²) >= 11 is 7.21. The van der Waals surface area contributed by atoms with E-state index < -0.39 is 0 Å². The number of ketones is 1. The van der Waals surface area contributed by atoms with Gasteiger partial charge in [0.2, 0.25) is 0 Å². The first kappa shape index (κ1) is 14.0. The van der Waals surface area contributed by atoms with Gasteiger partial charge in [-0.05, 0) is 32.0 Å². The molecule has 0 aliphatic carbocycles. The zero-order valence-corrected chi connectivity index (χ0v) is 12.3. The van der Waals surface area contributed by atoms with Gasteiger partial charge in [0.25, 0.3) is 0 Å². The van der Waals surface area contributed by atoms with Gasteiger partial charge in [-0.15, -0.1) is 0 Å². The number of carbonyl (C=O) groups is 1. The highest BCUT2D eigenvalue weighted by molar-refractivity contribution is 7.99. The van der Waals surface area contributed by atoms with E-state index in [4.69, 9.17) is 11.6 Å². The maximum absolute atomic E-state index is 12.0. The molecule has 5 heteroatoms. The second kappa shape index (κ2) is 6.17. The van der Waals surface area contributed by atoms with Crippen molar-refractivity contribution in [3.05, 3.63) is 52.3 Å². The Morgan fingerprint density at radius 3 is 2.53 bits per heavy atom. The van der Waals surface area contributed by atoms with Crippen LogP contribution in [-0.4, -0.2) is 21.5 Å². The third-order valence-electron chi connectivity index (χ3n) is 2.44. The highest BCUT2D eigenvalue weighted by atomic mass is 35.5. The smallest absolute Gasteiger partial charge is 0.188 e. The number of benzene rings is 1. The minimum absolute atomic E-state index is 0.0234. The lowest BCUT2D eigenvalue weighted by molar-refractivity contribution is 0.102. The van der Waals surface area contributed by atoms with Crippen molar-refractivity contribution in [3.8, 4) is 0 Å². The lowest BCUT2D eigenvalue weighted by atomic mass is 10.1. The van der Waals surface area contributed by atoms with Crippen molar-refractivity contribution in [2.24, 2.45) is 0 Å². The number of carbonyl (C=O) groups excluding carboxylic acids is 1. The SMILES string of the molecule is Cc1cc(C)nc(SCC(=O)c2cccc(Cl)c2)n1. The van der Waals surface area contributed by atoms with Crippen LogP contribution in [0.2, 0.25) is 5.02 Å². The van der Waals surface area contributed by atoms with E-state index in [9.17, 15) is 4.79 Å². The van der Waals surface area contributed by atoms with Gasteiger partial charge in [0.1, 0.15) is 0 Å². The predicted molar refractivity (Wildman–Crippen MR) is 78.0 cm³/mol. The van der Waals surface area contributed by atoms with Crippen LogP contribution in [0.4, 0.5) is 0 Å². The molecule has 98 valence electrons. The fourth-order valence-corrected chi connectivity index (χ4v) is 2.67. The third kappa shape index (κ3) is 4.04. The summed E-state index contributed by atoms with van der Waals surface area (Å²) in [7, 11) is 0. The Hall–Kier alpha value is -1.39. The van der Waals surface area contributed by atoms with Gasteiger partial charge in [-0.2, -0.15) is 0 Å². The number of aryl methyl sites for hydroxylation is 2. The monoisotopic (exact) mass is 292 g/mol. The number of Topliss-reactive ketones (excluding diaryl/α,β-unsaturated/α-hetero) is 1. The second-order valence-electron chi connectivity index (χ2n) is 4.16. The van der Waals surface area contributed by atoms with E-state index in [2.05, 4.69) is 9.97 Å². The van der Waals surface area contributed by atoms with E-state index in [0.717, 1.165) is 11.4 Å². The van der Waals surface area contributed by atoms with E-state index in [-0.39, 0.29) is 5.78 Å². The number of hydrogen-bond acceptors (Lipinski definition) is 4. The molecule has 0 atom stereocenters. The Bertz CT molecular complexity index is 596. The Morgan fingerprint density at radius 2 is 1.89 bits per heavy atom. The van der Waals surface area contributed by atoms with Crippen molar-refractivity contribution in [2.75, 3.05) is 5.75 Å². The first-order valence-corrected chi connectivity index (χ1v) is 7.15. The molecule has 0 saturated carbocycles. The molecule has 1 aromatic carbocycles. The second-order valence-corrected chi connectivity index (χ2v) is 5.53.